The van der Waals surface area contributed by atoms with Crippen LogP contribution in [0.2, 0.25) is 0 Å². The molecule has 2 aliphatic heterocycles. The van der Waals surface area contributed by atoms with Gasteiger partial charge < -0.3 is 10.0 Å². The number of aliphatic carboxylic acids is 1. The molecule has 16 heavy (non-hydrogen) atoms. The van der Waals surface area contributed by atoms with Crippen molar-refractivity contribution in [2.24, 2.45) is 5.41 Å². The first-order valence-corrected chi connectivity index (χ1v) is 6.35. The van der Waals surface area contributed by atoms with Gasteiger partial charge in [-0.2, -0.15) is 0 Å². The Balaban J connectivity index is 1.43. The quantitative estimate of drug-likeness (QED) is 0.760. The molecule has 3 rings (SSSR count). The van der Waals surface area contributed by atoms with Crippen LogP contribution in [0.3, 0.4) is 0 Å². The maximum absolute atomic E-state index is 10.5. The van der Waals surface area contributed by atoms with Crippen LogP contribution in [0.1, 0.15) is 25.7 Å². The normalized spacial score (nSPS) is 29.5. The van der Waals surface area contributed by atoms with E-state index in [-0.39, 0.29) is 0 Å². The van der Waals surface area contributed by atoms with Gasteiger partial charge in [-0.1, -0.05) is 0 Å². The summed E-state index contributed by atoms with van der Waals surface area (Å²) in [5.74, 6) is -0.674. The molecule has 4 heteroatoms. The van der Waals surface area contributed by atoms with Crippen molar-refractivity contribution in [2.45, 2.75) is 31.7 Å². The molecule has 3 aliphatic rings. The summed E-state index contributed by atoms with van der Waals surface area (Å²) in [6.07, 6.45) is 4.42. The molecule has 3 fully saturated rings. The van der Waals surface area contributed by atoms with Gasteiger partial charge >= 0.3 is 5.97 Å². The van der Waals surface area contributed by atoms with Gasteiger partial charge in [-0.25, -0.2) is 0 Å². The second-order valence-corrected chi connectivity index (χ2v) is 5.81. The Morgan fingerprint density at radius 3 is 2.69 bits per heavy atom. The average Bonchev–Trinajstić information content (AvgIpc) is 2.93. The SMILES string of the molecule is O=C(O)CCN1CC2(CCN(C3CC3)C2)C1. The molecule has 1 N–H and O–H groups in total. The molecule has 1 spiro atoms. The van der Waals surface area contributed by atoms with E-state index in [0.29, 0.717) is 11.8 Å². The summed E-state index contributed by atoms with van der Waals surface area (Å²) in [5, 5.41) is 8.63. The van der Waals surface area contributed by atoms with Crippen LogP contribution >= 0.6 is 0 Å². The van der Waals surface area contributed by atoms with Crippen LogP contribution in [0.4, 0.5) is 0 Å². The average molecular weight is 224 g/mol. The van der Waals surface area contributed by atoms with Crippen molar-refractivity contribution >= 4 is 5.97 Å². The third-order valence-corrected chi connectivity index (χ3v) is 4.29. The van der Waals surface area contributed by atoms with Crippen molar-refractivity contribution in [3.8, 4) is 0 Å². The third kappa shape index (κ3) is 1.96. The van der Waals surface area contributed by atoms with Gasteiger partial charge in [0.25, 0.3) is 0 Å². The minimum atomic E-state index is -0.674. The molecular formula is C12H20N2O2. The van der Waals surface area contributed by atoms with E-state index in [2.05, 4.69) is 9.80 Å². The van der Waals surface area contributed by atoms with Crippen LogP contribution in [-0.4, -0.2) is 59.6 Å². The first-order chi connectivity index (χ1) is 7.67. The van der Waals surface area contributed by atoms with Gasteiger partial charge in [0.15, 0.2) is 0 Å². The van der Waals surface area contributed by atoms with Crippen LogP contribution in [-0.2, 0) is 4.79 Å². The molecule has 0 aromatic carbocycles. The van der Waals surface area contributed by atoms with E-state index < -0.39 is 5.97 Å². The van der Waals surface area contributed by atoms with Gasteiger partial charge in [0.2, 0.25) is 0 Å². The number of likely N-dealkylation sites (tertiary alicyclic amines) is 2. The number of carbonyl (C=O) groups is 1. The van der Waals surface area contributed by atoms with Crippen molar-refractivity contribution < 1.29 is 9.90 Å². The topological polar surface area (TPSA) is 43.8 Å². The summed E-state index contributed by atoms with van der Waals surface area (Å²) in [6, 6.07) is 0.896. The van der Waals surface area contributed by atoms with Crippen LogP contribution in [0.5, 0.6) is 0 Å². The molecule has 0 aromatic rings. The van der Waals surface area contributed by atoms with E-state index in [0.717, 1.165) is 25.7 Å². The highest BCUT2D eigenvalue weighted by Gasteiger charge is 2.49. The number of nitrogens with zero attached hydrogens (tertiary/aromatic N) is 2. The second kappa shape index (κ2) is 3.70. The number of rotatable bonds is 4. The standard InChI is InChI=1S/C12H20N2O2/c15-11(16)3-5-13-7-12(8-13)4-6-14(9-12)10-1-2-10/h10H,1-9H2,(H,15,16). The number of carboxylic acid groups (broad SMARTS) is 1. The van der Waals surface area contributed by atoms with Crippen LogP contribution in [0, 0.1) is 5.41 Å². The van der Waals surface area contributed by atoms with Crippen molar-refractivity contribution in [3.05, 3.63) is 0 Å². The van der Waals surface area contributed by atoms with Crippen LogP contribution in [0.15, 0.2) is 0 Å². The summed E-state index contributed by atoms with van der Waals surface area (Å²) < 4.78 is 0. The van der Waals surface area contributed by atoms with E-state index in [1.807, 2.05) is 0 Å². The molecular weight excluding hydrogens is 204 g/mol. The van der Waals surface area contributed by atoms with Gasteiger partial charge in [0.1, 0.15) is 0 Å². The van der Waals surface area contributed by atoms with Crippen molar-refractivity contribution in [1.82, 2.24) is 9.80 Å². The lowest BCUT2D eigenvalue weighted by atomic mass is 9.79. The lowest BCUT2D eigenvalue weighted by molar-refractivity contribution is -0.138. The fourth-order valence-electron chi connectivity index (χ4n) is 3.29. The van der Waals surface area contributed by atoms with Gasteiger partial charge in [-0.05, 0) is 25.8 Å². The maximum Gasteiger partial charge on any atom is 0.304 e. The fraction of sp³-hybridized carbons (Fsp3) is 0.917. The molecule has 0 unspecified atom stereocenters. The highest BCUT2D eigenvalue weighted by atomic mass is 16.4. The molecule has 2 saturated heterocycles. The Kier molecular flexibility index (Phi) is 2.44. The fourth-order valence-corrected chi connectivity index (χ4v) is 3.29. The first-order valence-electron chi connectivity index (χ1n) is 6.35. The lowest BCUT2D eigenvalue weighted by Crippen LogP contribution is -2.57. The van der Waals surface area contributed by atoms with Crippen LogP contribution < -0.4 is 0 Å². The van der Waals surface area contributed by atoms with Gasteiger partial charge in [0, 0.05) is 37.6 Å². The van der Waals surface area contributed by atoms with Gasteiger partial charge in [0.05, 0.1) is 6.42 Å². The zero-order valence-corrected chi connectivity index (χ0v) is 9.69. The van der Waals surface area contributed by atoms with Crippen LogP contribution in [0.25, 0.3) is 0 Å². The minimum Gasteiger partial charge on any atom is -0.481 e. The van der Waals surface area contributed by atoms with E-state index in [1.165, 1.54) is 32.4 Å². The Hall–Kier alpha value is -0.610. The second-order valence-electron chi connectivity index (χ2n) is 5.81. The Morgan fingerprint density at radius 1 is 1.31 bits per heavy atom. The molecule has 2 heterocycles. The van der Waals surface area contributed by atoms with Crippen molar-refractivity contribution in [3.63, 3.8) is 0 Å². The van der Waals surface area contributed by atoms with Gasteiger partial charge in [-0.15, -0.1) is 0 Å². The van der Waals surface area contributed by atoms with Crippen molar-refractivity contribution in [2.75, 3.05) is 32.7 Å². The predicted molar refractivity (Wildman–Crippen MR) is 60.3 cm³/mol. The summed E-state index contributed by atoms with van der Waals surface area (Å²) >= 11 is 0. The highest BCUT2D eigenvalue weighted by Crippen LogP contribution is 2.43. The number of hydrogen-bond acceptors (Lipinski definition) is 3. The van der Waals surface area contributed by atoms with E-state index in [1.54, 1.807) is 0 Å². The van der Waals surface area contributed by atoms with Crippen molar-refractivity contribution in [1.29, 1.82) is 0 Å². The number of hydrogen-bond donors (Lipinski definition) is 1. The summed E-state index contributed by atoms with van der Waals surface area (Å²) in [4.78, 5) is 15.4. The Morgan fingerprint density at radius 2 is 2.06 bits per heavy atom. The largest absolute Gasteiger partial charge is 0.481 e. The summed E-state index contributed by atoms with van der Waals surface area (Å²) in [5.41, 5.74) is 0.529. The molecule has 0 bridgehead atoms. The molecule has 1 saturated carbocycles. The zero-order chi connectivity index (χ0) is 11.2. The predicted octanol–water partition coefficient (Wildman–Crippen LogP) is 0.631. The molecule has 0 amide bonds. The molecule has 0 atom stereocenters. The van der Waals surface area contributed by atoms with Gasteiger partial charge in [-0.3, -0.25) is 9.69 Å². The highest BCUT2D eigenvalue weighted by molar-refractivity contribution is 5.66. The summed E-state index contributed by atoms with van der Waals surface area (Å²) in [6.45, 7) is 5.53. The minimum absolute atomic E-state index is 0.294. The maximum atomic E-state index is 10.5. The molecule has 90 valence electrons. The monoisotopic (exact) mass is 224 g/mol. The first kappa shape index (κ1) is 10.5. The summed E-state index contributed by atoms with van der Waals surface area (Å²) in [7, 11) is 0. The van der Waals surface area contributed by atoms with E-state index in [9.17, 15) is 4.79 Å². The zero-order valence-electron chi connectivity index (χ0n) is 9.69. The van der Waals surface area contributed by atoms with E-state index >= 15 is 0 Å². The van der Waals surface area contributed by atoms with E-state index in [4.69, 9.17) is 5.11 Å². The molecule has 0 radical (unpaired) electrons. The molecule has 1 aliphatic carbocycles. The Bertz CT molecular complexity index is 295. The Labute approximate surface area is 96.2 Å². The molecule has 0 aromatic heterocycles. The third-order valence-electron chi connectivity index (χ3n) is 4.29. The molecule has 4 nitrogen and oxygen atoms in total. The smallest absolute Gasteiger partial charge is 0.304 e. The lowest BCUT2D eigenvalue weighted by Gasteiger charge is -2.48. The number of carboxylic acids is 1.